The van der Waals surface area contributed by atoms with Gasteiger partial charge in [0.2, 0.25) is 0 Å². The molecule has 2 heteroatoms. The van der Waals surface area contributed by atoms with Crippen LogP contribution in [0.5, 0.6) is 0 Å². The predicted octanol–water partition coefficient (Wildman–Crippen LogP) is 5.13. The topological polar surface area (TPSA) is 0 Å². The molecule has 0 radical (unpaired) electrons. The van der Waals surface area contributed by atoms with E-state index in [2.05, 4.69) is 27.7 Å². The number of halogens is 1. The van der Waals surface area contributed by atoms with Gasteiger partial charge in [0.15, 0.2) is 0 Å². The van der Waals surface area contributed by atoms with Crippen LogP contribution in [0.1, 0.15) is 130 Å². The minimum absolute atomic E-state index is 0. The Kier molecular flexibility index (Phi) is 24.0. The smallest absolute Gasteiger partial charge is 0.0786 e. The summed E-state index contributed by atoms with van der Waals surface area (Å²) >= 11 is 0. The van der Waals surface area contributed by atoms with Crippen molar-refractivity contribution in [2.45, 2.75) is 130 Å². The molecular formula is C24H52BrN. The molecule has 0 rings (SSSR count). The van der Waals surface area contributed by atoms with Gasteiger partial charge in [-0.1, -0.05) is 98.3 Å². The first-order valence-corrected chi connectivity index (χ1v) is 12.1. The molecule has 0 heterocycles. The van der Waals surface area contributed by atoms with E-state index >= 15 is 0 Å². The van der Waals surface area contributed by atoms with Gasteiger partial charge in [-0.05, 0) is 32.1 Å². The Morgan fingerprint density at radius 2 is 0.654 bits per heavy atom. The molecule has 160 valence electrons. The minimum Gasteiger partial charge on any atom is -1.00 e. The second kappa shape index (κ2) is 21.7. The molecular weight excluding hydrogens is 382 g/mol. The standard InChI is InChI=1S/C24H52N.BrH/c1-5-9-10-11-12-13-14-15-16-17-18-19-20-24-25(21-6-2,22-7-3)23-8-4;/h5-24H2,1-4H3;1H/q+1;/p-1. The lowest BCUT2D eigenvalue weighted by atomic mass is 10.0. The number of nitrogens with zero attached hydrogens (tertiary/aromatic N) is 1. The third kappa shape index (κ3) is 16.6. The Morgan fingerprint density at radius 3 is 0.962 bits per heavy atom. The fraction of sp³-hybridized carbons (Fsp3) is 1.00. The molecule has 0 fully saturated rings. The molecule has 0 aliphatic heterocycles. The highest BCUT2D eigenvalue weighted by molar-refractivity contribution is 4.51. The van der Waals surface area contributed by atoms with Gasteiger partial charge in [-0.3, -0.25) is 0 Å². The van der Waals surface area contributed by atoms with Crippen LogP contribution in [0.2, 0.25) is 0 Å². The van der Waals surface area contributed by atoms with E-state index in [1.54, 1.807) is 0 Å². The predicted molar refractivity (Wildman–Crippen MR) is 116 cm³/mol. The van der Waals surface area contributed by atoms with Crippen LogP contribution < -0.4 is 17.0 Å². The molecule has 0 amide bonds. The monoisotopic (exact) mass is 433 g/mol. The van der Waals surface area contributed by atoms with Crippen LogP contribution in [0.25, 0.3) is 0 Å². The molecule has 0 aromatic heterocycles. The number of quaternary nitrogens is 1. The first-order chi connectivity index (χ1) is 12.2. The highest BCUT2D eigenvalue weighted by Crippen LogP contribution is 2.16. The van der Waals surface area contributed by atoms with Crippen LogP contribution in [-0.4, -0.2) is 30.7 Å². The molecule has 0 saturated heterocycles. The normalized spacial score (nSPS) is 11.5. The lowest BCUT2D eigenvalue weighted by Crippen LogP contribution is -3.00. The summed E-state index contributed by atoms with van der Waals surface area (Å²) < 4.78 is 1.40. The average molecular weight is 435 g/mol. The molecule has 1 nitrogen and oxygen atoms in total. The summed E-state index contributed by atoms with van der Waals surface area (Å²) in [5, 5.41) is 0. The molecule has 0 atom stereocenters. The SMILES string of the molecule is CCCCCCCCCCCCCCC[N+](CCC)(CCC)CCC.[Br-]. The summed E-state index contributed by atoms with van der Waals surface area (Å²) in [7, 11) is 0. The van der Waals surface area contributed by atoms with Gasteiger partial charge in [-0.2, -0.15) is 0 Å². The Bertz CT molecular complexity index is 238. The fourth-order valence-electron chi connectivity index (χ4n) is 4.56. The Labute approximate surface area is 178 Å². The number of hydrogen-bond acceptors (Lipinski definition) is 0. The van der Waals surface area contributed by atoms with E-state index in [0.29, 0.717) is 0 Å². The van der Waals surface area contributed by atoms with E-state index in [9.17, 15) is 0 Å². The third-order valence-corrected chi connectivity index (χ3v) is 5.83. The second-order valence-corrected chi connectivity index (χ2v) is 8.48. The van der Waals surface area contributed by atoms with Crippen LogP contribution in [0.4, 0.5) is 0 Å². The van der Waals surface area contributed by atoms with Crippen molar-refractivity contribution in [1.82, 2.24) is 0 Å². The van der Waals surface area contributed by atoms with E-state index in [-0.39, 0.29) is 17.0 Å². The van der Waals surface area contributed by atoms with Crippen molar-refractivity contribution in [3.8, 4) is 0 Å². The third-order valence-electron chi connectivity index (χ3n) is 5.83. The maximum Gasteiger partial charge on any atom is 0.0786 e. The van der Waals surface area contributed by atoms with Gasteiger partial charge in [0.05, 0.1) is 26.2 Å². The van der Waals surface area contributed by atoms with Gasteiger partial charge in [0.25, 0.3) is 0 Å². The first kappa shape index (κ1) is 28.6. The van der Waals surface area contributed by atoms with Crippen molar-refractivity contribution < 1.29 is 21.5 Å². The summed E-state index contributed by atoms with van der Waals surface area (Å²) in [5.74, 6) is 0. The molecule has 0 aromatic carbocycles. The zero-order chi connectivity index (χ0) is 18.6. The van der Waals surface area contributed by atoms with Crippen LogP contribution >= 0.6 is 0 Å². The van der Waals surface area contributed by atoms with Gasteiger partial charge in [-0.25, -0.2) is 0 Å². The minimum atomic E-state index is 0. The molecule has 0 saturated carbocycles. The van der Waals surface area contributed by atoms with Crippen LogP contribution in [0, 0.1) is 0 Å². The van der Waals surface area contributed by atoms with Crippen molar-refractivity contribution in [2.75, 3.05) is 26.2 Å². The van der Waals surface area contributed by atoms with E-state index in [1.165, 1.54) is 133 Å². The molecule has 0 aromatic rings. The molecule has 0 N–H and O–H groups in total. The zero-order valence-electron chi connectivity index (χ0n) is 19.0. The quantitative estimate of drug-likeness (QED) is 0.184. The van der Waals surface area contributed by atoms with Crippen molar-refractivity contribution in [2.24, 2.45) is 0 Å². The summed E-state index contributed by atoms with van der Waals surface area (Å²) in [6, 6.07) is 0. The Morgan fingerprint density at radius 1 is 0.346 bits per heavy atom. The lowest BCUT2D eigenvalue weighted by molar-refractivity contribution is -0.928. The molecule has 0 aliphatic rings. The summed E-state index contributed by atoms with van der Waals surface area (Å²) in [6.07, 6.45) is 23.1. The number of unbranched alkanes of at least 4 members (excludes halogenated alkanes) is 12. The van der Waals surface area contributed by atoms with Crippen molar-refractivity contribution in [1.29, 1.82) is 0 Å². The van der Waals surface area contributed by atoms with E-state index in [0.717, 1.165) is 0 Å². The number of hydrogen-bond donors (Lipinski definition) is 0. The van der Waals surface area contributed by atoms with Crippen molar-refractivity contribution in [3.05, 3.63) is 0 Å². The van der Waals surface area contributed by atoms with E-state index in [4.69, 9.17) is 0 Å². The second-order valence-electron chi connectivity index (χ2n) is 8.48. The first-order valence-electron chi connectivity index (χ1n) is 12.1. The molecule has 0 bridgehead atoms. The molecule has 0 aliphatic carbocycles. The zero-order valence-corrected chi connectivity index (χ0v) is 20.6. The maximum absolute atomic E-state index is 2.36. The van der Waals surface area contributed by atoms with Gasteiger partial charge in [0.1, 0.15) is 0 Å². The highest BCUT2D eigenvalue weighted by atomic mass is 79.9. The van der Waals surface area contributed by atoms with E-state index in [1.807, 2.05) is 0 Å². The molecule has 0 unspecified atom stereocenters. The van der Waals surface area contributed by atoms with Gasteiger partial charge >= 0.3 is 0 Å². The largest absolute Gasteiger partial charge is 1.00 e. The lowest BCUT2D eigenvalue weighted by Gasteiger charge is -2.38. The van der Waals surface area contributed by atoms with Gasteiger partial charge < -0.3 is 21.5 Å². The van der Waals surface area contributed by atoms with Gasteiger partial charge in [0, 0.05) is 0 Å². The summed E-state index contributed by atoms with van der Waals surface area (Å²) in [6.45, 7) is 15.0. The Hall–Kier alpha value is 0.440. The number of rotatable bonds is 20. The summed E-state index contributed by atoms with van der Waals surface area (Å²) in [5.41, 5.74) is 0. The molecule has 26 heavy (non-hydrogen) atoms. The summed E-state index contributed by atoms with van der Waals surface area (Å²) in [4.78, 5) is 0. The highest BCUT2D eigenvalue weighted by Gasteiger charge is 2.23. The Balaban J connectivity index is 0. The molecule has 0 spiro atoms. The maximum atomic E-state index is 2.36. The van der Waals surface area contributed by atoms with Crippen molar-refractivity contribution >= 4 is 0 Å². The van der Waals surface area contributed by atoms with Crippen LogP contribution in [0.3, 0.4) is 0 Å². The van der Waals surface area contributed by atoms with Crippen LogP contribution in [-0.2, 0) is 0 Å². The van der Waals surface area contributed by atoms with Gasteiger partial charge in [-0.15, -0.1) is 0 Å². The van der Waals surface area contributed by atoms with Crippen molar-refractivity contribution in [3.63, 3.8) is 0 Å². The fourth-order valence-corrected chi connectivity index (χ4v) is 4.56. The van der Waals surface area contributed by atoms with E-state index < -0.39 is 0 Å². The van der Waals surface area contributed by atoms with Crippen LogP contribution in [0.15, 0.2) is 0 Å². The average Bonchev–Trinajstić information content (AvgIpc) is 2.60.